The number of amides is 1. The van der Waals surface area contributed by atoms with E-state index in [1.165, 1.54) is 12.4 Å². The highest BCUT2D eigenvalue weighted by molar-refractivity contribution is 5.98. The summed E-state index contributed by atoms with van der Waals surface area (Å²) in [7, 11) is 0. The molecule has 6 nitrogen and oxygen atoms in total. The maximum Gasteiger partial charge on any atom is 0.250 e. The number of primary amides is 1. The molecule has 0 atom stereocenters. The minimum absolute atomic E-state index is 0.389. The van der Waals surface area contributed by atoms with E-state index in [0.29, 0.717) is 17.1 Å². The number of aromatic nitrogens is 3. The van der Waals surface area contributed by atoms with Crippen LogP contribution >= 0.6 is 0 Å². The van der Waals surface area contributed by atoms with Gasteiger partial charge in [-0.15, -0.1) is 0 Å². The van der Waals surface area contributed by atoms with Gasteiger partial charge >= 0.3 is 0 Å². The molecule has 2 aromatic rings. The molecule has 0 bridgehead atoms. The summed E-state index contributed by atoms with van der Waals surface area (Å²) in [5.74, 6) is 0.171. The number of hydrogen-bond acceptors (Lipinski definition) is 4. The van der Waals surface area contributed by atoms with Crippen molar-refractivity contribution in [1.29, 1.82) is 0 Å². The molecule has 2 rings (SSSR count). The summed E-state index contributed by atoms with van der Waals surface area (Å²) < 4.78 is 0. The Labute approximate surface area is 85.5 Å². The Morgan fingerprint density at radius 1 is 1.40 bits per heavy atom. The number of nitrogens with zero attached hydrogens (tertiary/aromatic N) is 2. The smallest absolute Gasteiger partial charge is 0.250 e. The Morgan fingerprint density at radius 2 is 2.27 bits per heavy atom. The Balaban J connectivity index is 2.32. The first-order chi connectivity index (χ1) is 7.27. The van der Waals surface area contributed by atoms with Gasteiger partial charge in [0.15, 0.2) is 0 Å². The minimum Gasteiger partial charge on any atom is -0.366 e. The predicted octanol–water partition coefficient (Wildman–Crippen LogP) is 0.647. The third kappa shape index (κ3) is 1.93. The normalized spacial score (nSPS) is 9.87. The number of aromatic amines is 1. The van der Waals surface area contributed by atoms with Crippen LogP contribution in [0.3, 0.4) is 0 Å². The van der Waals surface area contributed by atoms with Crippen molar-refractivity contribution < 1.29 is 4.79 Å². The zero-order valence-electron chi connectivity index (χ0n) is 7.77. The SMILES string of the molecule is NC(=O)c1ccncc1Nc1ccn[nH]1. The van der Waals surface area contributed by atoms with Gasteiger partial charge in [-0.05, 0) is 6.07 Å². The number of rotatable bonds is 3. The van der Waals surface area contributed by atoms with E-state index in [9.17, 15) is 4.79 Å². The van der Waals surface area contributed by atoms with Crippen molar-refractivity contribution in [3.8, 4) is 0 Å². The van der Waals surface area contributed by atoms with Crippen LogP contribution in [0.2, 0.25) is 0 Å². The third-order valence-corrected chi connectivity index (χ3v) is 1.86. The standard InChI is InChI=1S/C9H9N5O/c10-9(15)6-1-3-11-5-7(6)13-8-2-4-12-14-8/h1-5H,(H2,10,15)(H2,12,13,14). The van der Waals surface area contributed by atoms with E-state index in [0.717, 1.165) is 0 Å². The largest absolute Gasteiger partial charge is 0.366 e. The van der Waals surface area contributed by atoms with Crippen molar-refractivity contribution in [2.75, 3.05) is 5.32 Å². The second kappa shape index (κ2) is 3.79. The fraction of sp³-hybridized carbons (Fsp3) is 0. The van der Waals surface area contributed by atoms with E-state index in [1.54, 1.807) is 18.3 Å². The second-order valence-electron chi connectivity index (χ2n) is 2.88. The lowest BCUT2D eigenvalue weighted by Crippen LogP contribution is -2.13. The van der Waals surface area contributed by atoms with Gasteiger partial charge in [0.1, 0.15) is 5.82 Å². The number of hydrogen-bond donors (Lipinski definition) is 3. The molecule has 0 aliphatic carbocycles. The van der Waals surface area contributed by atoms with Gasteiger partial charge in [-0.2, -0.15) is 5.10 Å². The minimum atomic E-state index is -0.501. The summed E-state index contributed by atoms with van der Waals surface area (Å²) in [6.45, 7) is 0. The molecule has 0 fully saturated rings. The molecule has 0 unspecified atom stereocenters. The number of carbonyl (C=O) groups is 1. The number of pyridine rings is 1. The first-order valence-electron chi connectivity index (χ1n) is 4.27. The highest BCUT2D eigenvalue weighted by Gasteiger charge is 2.07. The van der Waals surface area contributed by atoms with Gasteiger partial charge in [-0.3, -0.25) is 14.9 Å². The molecule has 15 heavy (non-hydrogen) atoms. The van der Waals surface area contributed by atoms with E-state index in [1.807, 2.05) is 0 Å². The Morgan fingerprint density at radius 3 is 2.93 bits per heavy atom. The molecule has 76 valence electrons. The summed E-state index contributed by atoms with van der Waals surface area (Å²) in [4.78, 5) is 15.0. The van der Waals surface area contributed by atoms with Gasteiger partial charge < -0.3 is 11.1 Å². The van der Waals surface area contributed by atoms with Crippen molar-refractivity contribution in [1.82, 2.24) is 15.2 Å². The summed E-state index contributed by atoms with van der Waals surface area (Å²) >= 11 is 0. The summed E-state index contributed by atoms with van der Waals surface area (Å²) in [6, 6.07) is 3.29. The predicted molar refractivity (Wildman–Crippen MR) is 54.6 cm³/mol. The van der Waals surface area contributed by atoms with Gasteiger partial charge in [-0.1, -0.05) is 0 Å². The van der Waals surface area contributed by atoms with Crippen molar-refractivity contribution in [3.63, 3.8) is 0 Å². The first kappa shape index (κ1) is 9.20. The average molecular weight is 203 g/mol. The van der Waals surface area contributed by atoms with Crippen molar-refractivity contribution in [2.45, 2.75) is 0 Å². The average Bonchev–Trinajstić information content (AvgIpc) is 2.71. The molecule has 0 saturated carbocycles. The number of H-pyrrole nitrogens is 1. The summed E-state index contributed by atoms with van der Waals surface area (Å²) in [6.07, 6.45) is 4.64. The molecular weight excluding hydrogens is 194 g/mol. The van der Waals surface area contributed by atoms with Crippen molar-refractivity contribution in [2.24, 2.45) is 5.73 Å². The van der Waals surface area contributed by atoms with Crippen LogP contribution in [0.4, 0.5) is 11.5 Å². The zero-order chi connectivity index (χ0) is 10.7. The number of anilines is 2. The molecule has 0 radical (unpaired) electrons. The maximum absolute atomic E-state index is 11.1. The molecule has 2 aromatic heterocycles. The first-order valence-corrected chi connectivity index (χ1v) is 4.27. The summed E-state index contributed by atoms with van der Waals surface area (Å²) in [5, 5.41) is 9.43. The molecule has 0 saturated heterocycles. The van der Waals surface area contributed by atoms with Gasteiger partial charge in [0.25, 0.3) is 5.91 Å². The Kier molecular flexibility index (Phi) is 2.32. The van der Waals surface area contributed by atoms with Crippen LogP contribution in [-0.4, -0.2) is 21.1 Å². The fourth-order valence-corrected chi connectivity index (χ4v) is 1.18. The molecule has 1 amide bonds. The molecule has 6 heteroatoms. The van der Waals surface area contributed by atoms with Crippen LogP contribution in [-0.2, 0) is 0 Å². The van der Waals surface area contributed by atoms with E-state index in [-0.39, 0.29) is 0 Å². The van der Waals surface area contributed by atoms with Crippen molar-refractivity contribution in [3.05, 3.63) is 36.3 Å². The number of carbonyl (C=O) groups excluding carboxylic acids is 1. The topological polar surface area (TPSA) is 96.7 Å². The van der Waals surface area contributed by atoms with Crippen molar-refractivity contribution >= 4 is 17.4 Å². The lowest BCUT2D eigenvalue weighted by Gasteiger charge is -2.06. The van der Waals surface area contributed by atoms with Crippen LogP contribution in [0.1, 0.15) is 10.4 Å². The van der Waals surface area contributed by atoms with Crippen LogP contribution in [0.15, 0.2) is 30.7 Å². The molecule has 0 aromatic carbocycles. The van der Waals surface area contributed by atoms with Gasteiger partial charge in [0.05, 0.1) is 23.6 Å². The second-order valence-corrected chi connectivity index (χ2v) is 2.88. The number of nitrogens with one attached hydrogen (secondary N) is 2. The lowest BCUT2D eigenvalue weighted by atomic mass is 10.2. The van der Waals surface area contributed by atoms with E-state index >= 15 is 0 Å². The molecule has 0 spiro atoms. The zero-order valence-corrected chi connectivity index (χ0v) is 7.77. The van der Waals surface area contributed by atoms with E-state index in [2.05, 4.69) is 20.5 Å². The molecule has 0 aliphatic rings. The van der Waals surface area contributed by atoms with Crippen LogP contribution in [0.25, 0.3) is 0 Å². The van der Waals surface area contributed by atoms with Crippen LogP contribution < -0.4 is 11.1 Å². The molecule has 4 N–H and O–H groups in total. The highest BCUT2D eigenvalue weighted by atomic mass is 16.1. The maximum atomic E-state index is 11.1. The molecule has 2 heterocycles. The molecule has 0 aliphatic heterocycles. The van der Waals surface area contributed by atoms with E-state index in [4.69, 9.17) is 5.73 Å². The fourth-order valence-electron chi connectivity index (χ4n) is 1.18. The lowest BCUT2D eigenvalue weighted by molar-refractivity contribution is 0.100. The monoisotopic (exact) mass is 203 g/mol. The number of nitrogens with two attached hydrogens (primary N) is 1. The van der Waals surface area contributed by atoms with E-state index < -0.39 is 5.91 Å². The van der Waals surface area contributed by atoms with Crippen LogP contribution in [0, 0.1) is 0 Å². The highest BCUT2D eigenvalue weighted by Crippen LogP contribution is 2.16. The van der Waals surface area contributed by atoms with Crippen LogP contribution in [0.5, 0.6) is 0 Å². The van der Waals surface area contributed by atoms with Gasteiger partial charge in [-0.25, -0.2) is 0 Å². The Bertz CT molecular complexity index is 465. The molecular formula is C9H9N5O. The van der Waals surface area contributed by atoms with Gasteiger partial charge in [0, 0.05) is 12.3 Å². The van der Waals surface area contributed by atoms with Gasteiger partial charge in [0.2, 0.25) is 0 Å². The quantitative estimate of drug-likeness (QED) is 0.682. The Hall–Kier alpha value is -2.37. The summed E-state index contributed by atoms with van der Waals surface area (Å²) in [5.41, 5.74) is 6.15. The third-order valence-electron chi connectivity index (χ3n) is 1.86.